The second-order valence-electron chi connectivity index (χ2n) is 3.64. The highest BCUT2D eigenvalue weighted by molar-refractivity contribution is 7.07. The van der Waals surface area contributed by atoms with Crippen molar-refractivity contribution in [1.82, 2.24) is 15.2 Å². The van der Waals surface area contributed by atoms with Gasteiger partial charge in [0.25, 0.3) is 0 Å². The summed E-state index contributed by atoms with van der Waals surface area (Å²) in [6.07, 6.45) is 1.49. The molecule has 0 unspecified atom stereocenters. The Balaban J connectivity index is 1.89. The Bertz CT molecular complexity index is 304. The fourth-order valence-electron chi connectivity index (χ4n) is 1.69. The molecule has 15 heavy (non-hydrogen) atoms. The topological polar surface area (TPSA) is 45.2 Å². The zero-order valence-corrected chi connectivity index (χ0v) is 9.42. The number of carbonyl (C=O) groups is 1. The van der Waals surface area contributed by atoms with Gasteiger partial charge in [-0.05, 0) is 13.0 Å². The Hall–Kier alpha value is -0.940. The second-order valence-corrected chi connectivity index (χ2v) is 4.36. The van der Waals surface area contributed by atoms with Crippen LogP contribution in [0.1, 0.15) is 12.1 Å². The predicted molar refractivity (Wildman–Crippen MR) is 59.9 cm³/mol. The summed E-state index contributed by atoms with van der Waals surface area (Å²) < 4.78 is 0. The number of nitrogens with zero attached hydrogens (tertiary/aromatic N) is 2. The van der Waals surface area contributed by atoms with Gasteiger partial charge in [-0.2, -0.15) is 0 Å². The highest BCUT2D eigenvalue weighted by Crippen LogP contribution is 2.05. The molecule has 1 N–H and O–H groups in total. The molecule has 0 spiro atoms. The predicted octanol–water partition coefficient (Wildman–Crippen LogP) is 0.507. The van der Waals surface area contributed by atoms with E-state index in [-0.39, 0.29) is 5.91 Å². The lowest BCUT2D eigenvalue weighted by Crippen LogP contribution is -2.35. The Morgan fingerprint density at radius 1 is 1.53 bits per heavy atom. The summed E-state index contributed by atoms with van der Waals surface area (Å²) in [5.41, 5.74) is 2.66. The Morgan fingerprint density at radius 3 is 3.27 bits per heavy atom. The summed E-state index contributed by atoms with van der Waals surface area (Å²) >= 11 is 1.54. The minimum absolute atomic E-state index is 0.199. The van der Waals surface area contributed by atoms with Crippen molar-refractivity contribution in [2.24, 2.45) is 0 Å². The number of hydrogen-bond donors (Lipinski definition) is 1. The van der Waals surface area contributed by atoms with Gasteiger partial charge in [-0.3, -0.25) is 4.79 Å². The smallest absolute Gasteiger partial charge is 0.228 e. The zero-order chi connectivity index (χ0) is 10.5. The highest BCUT2D eigenvalue weighted by Gasteiger charge is 2.15. The number of rotatable bonds is 2. The molecule has 0 aliphatic carbocycles. The van der Waals surface area contributed by atoms with Crippen molar-refractivity contribution in [1.29, 1.82) is 0 Å². The van der Waals surface area contributed by atoms with Gasteiger partial charge in [-0.15, -0.1) is 11.3 Å². The molecule has 5 heteroatoms. The molecule has 2 rings (SSSR count). The van der Waals surface area contributed by atoms with Crippen LogP contribution in [0.2, 0.25) is 0 Å². The average Bonchev–Trinajstić information content (AvgIpc) is 2.58. The zero-order valence-electron chi connectivity index (χ0n) is 8.61. The van der Waals surface area contributed by atoms with Crippen molar-refractivity contribution < 1.29 is 4.79 Å². The van der Waals surface area contributed by atoms with E-state index in [1.54, 1.807) is 5.51 Å². The third kappa shape index (κ3) is 3.00. The summed E-state index contributed by atoms with van der Waals surface area (Å²) in [4.78, 5) is 17.9. The van der Waals surface area contributed by atoms with Gasteiger partial charge in [0.1, 0.15) is 0 Å². The number of aromatic nitrogens is 1. The lowest BCUT2D eigenvalue weighted by atomic mass is 10.3. The summed E-state index contributed by atoms with van der Waals surface area (Å²) in [5, 5.41) is 5.22. The van der Waals surface area contributed by atoms with Crippen molar-refractivity contribution >= 4 is 17.2 Å². The third-order valence-electron chi connectivity index (χ3n) is 2.51. The van der Waals surface area contributed by atoms with Crippen molar-refractivity contribution in [2.75, 3.05) is 26.2 Å². The molecular weight excluding hydrogens is 210 g/mol. The van der Waals surface area contributed by atoms with Gasteiger partial charge in [0, 0.05) is 25.0 Å². The Kier molecular flexibility index (Phi) is 3.69. The van der Waals surface area contributed by atoms with Crippen LogP contribution in [0.3, 0.4) is 0 Å². The number of hydrogen-bond acceptors (Lipinski definition) is 4. The fourth-order valence-corrected chi connectivity index (χ4v) is 2.25. The number of amides is 1. The first-order valence-electron chi connectivity index (χ1n) is 5.22. The van der Waals surface area contributed by atoms with E-state index in [2.05, 4.69) is 10.3 Å². The van der Waals surface area contributed by atoms with Crippen LogP contribution in [0.15, 0.2) is 10.9 Å². The standard InChI is InChI=1S/C10H15N3OS/c14-10(6-9-7-15-8-12-9)13-4-1-2-11-3-5-13/h7-8,11H,1-6H2. The maximum Gasteiger partial charge on any atom is 0.228 e. The van der Waals surface area contributed by atoms with Gasteiger partial charge < -0.3 is 10.2 Å². The molecule has 1 aliphatic heterocycles. The van der Waals surface area contributed by atoms with E-state index in [0.29, 0.717) is 6.42 Å². The van der Waals surface area contributed by atoms with Crippen LogP contribution in [0, 0.1) is 0 Å². The summed E-state index contributed by atoms with van der Waals surface area (Å²) in [7, 11) is 0. The summed E-state index contributed by atoms with van der Waals surface area (Å²) in [5.74, 6) is 0.199. The molecule has 0 atom stereocenters. The molecule has 1 saturated heterocycles. The number of thiazole rings is 1. The van der Waals surface area contributed by atoms with Gasteiger partial charge in [-0.1, -0.05) is 0 Å². The van der Waals surface area contributed by atoms with E-state index >= 15 is 0 Å². The molecule has 2 heterocycles. The third-order valence-corrected chi connectivity index (χ3v) is 3.14. The van der Waals surface area contributed by atoms with Gasteiger partial charge >= 0.3 is 0 Å². The van der Waals surface area contributed by atoms with Gasteiger partial charge in [0.05, 0.1) is 17.6 Å². The van der Waals surface area contributed by atoms with E-state index in [1.807, 2.05) is 10.3 Å². The summed E-state index contributed by atoms with van der Waals surface area (Å²) in [6.45, 7) is 3.61. The molecule has 82 valence electrons. The van der Waals surface area contributed by atoms with Crippen LogP contribution in [0.4, 0.5) is 0 Å². The first-order valence-corrected chi connectivity index (χ1v) is 6.16. The monoisotopic (exact) mass is 225 g/mol. The Morgan fingerprint density at radius 2 is 2.47 bits per heavy atom. The molecular formula is C10H15N3OS. The second kappa shape index (κ2) is 5.23. The molecule has 1 aromatic rings. The van der Waals surface area contributed by atoms with E-state index in [9.17, 15) is 4.79 Å². The molecule has 1 aliphatic rings. The lowest BCUT2D eigenvalue weighted by Gasteiger charge is -2.19. The quantitative estimate of drug-likeness (QED) is 0.797. The van der Waals surface area contributed by atoms with E-state index in [0.717, 1.165) is 38.3 Å². The fraction of sp³-hybridized carbons (Fsp3) is 0.600. The van der Waals surface area contributed by atoms with Crippen LogP contribution in [0.25, 0.3) is 0 Å². The average molecular weight is 225 g/mol. The van der Waals surface area contributed by atoms with Crippen molar-refractivity contribution in [2.45, 2.75) is 12.8 Å². The van der Waals surface area contributed by atoms with Gasteiger partial charge in [0.2, 0.25) is 5.91 Å². The van der Waals surface area contributed by atoms with Crippen LogP contribution in [-0.2, 0) is 11.2 Å². The molecule has 4 nitrogen and oxygen atoms in total. The molecule has 1 amide bonds. The maximum absolute atomic E-state index is 11.9. The van der Waals surface area contributed by atoms with E-state index in [1.165, 1.54) is 11.3 Å². The molecule has 0 aromatic carbocycles. The highest BCUT2D eigenvalue weighted by atomic mass is 32.1. The van der Waals surface area contributed by atoms with E-state index in [4.69, 9.17) is 0 Å². The number of carbonyl (C=O) groups excluding carboxylic acids is 1. The lowest BCUT2D eigenvalue weighted by molar-refractivity contribution is -0.130. The molecule has 0 radical (unpaired) electrons. The van der Waals surface area contributed by atoms with Crippen molar-refractivity contribution in [3.8, 4) is 0 Å². The minimum Gasteiger partial charge on any atom is -0.341 e. The first-order chi connectivity index (χ1) is 7.36. The van der Waals surface area contributed by atoms with Gasteiger partial charge in [0.15, 0.2) is 0 Å². The molecule has 1 fully saturated rings. The molecule has 0 saturated carbocycles. The largest absolute Gasteiger partial charge is 0.341 e. The van der Waals surface area contributed by atoms with Crippen molar-refractivity contribution in [3.63, 3.8) is 0 Å². The normalized spacial score (nSPS) is 17.5. The molecule has 1 aromatic heterocycles. The maximum atomic E-state index is 11.9. The van der Waals surface area contributed by atoms with Crippen LogP contribution in [-0.4, -0.2) is 42.0 Å². The van der Waals surface area contributed by atoms with Crippen molar-refractivity contribution in [3.05, 3.63) is 16.6 Å². The minimum atomic E-state index is 0.199. The number of nitrogens with one attached hydrogen (secondary N) is 1. The summed E-state index contributed by atoms with van der Waals surface area (Å²) in [6, 6.07) is 0. The van der Waals surface area contributed by atoms with Crippen LogP contribution < -0.4 is 5.32 Å². The Labute approximate surface area is 93.3 Å². The SMILES string of the molecule is O=C(Cc1cscn1)N1CCCNCC1. The van der Waals surface area contributed by atoms with E-state index < -0.39 is 0 Å². The van der Waals surface area contributed by atoms with Crippen LogP contribution >= 0.6 is 11.3 Å². The van der Waals surface area contributed by atoms with Crippen LogP contribution in [0.5, 0.6) is 0 Å². The first kappa shape index (κ1) is 10.6. The molecule has 0 bridgehead atoms. The van der Waals surface area contributed by atoms with Gasteiger partial charge in [-0.25, -0.2) is 4.98 Å².